The lowest BCUT2D eigenvalue weighted by Gasteiger charge is -2.24. The van der Waals surface area contributed by atoms with Gasteiger partial charge in [-0.3, -0.25) is 0 Å². The van der Waals surface area contributed by atoms with E-state index in [2.05, 4.69) is 44.3 Å². The van der Waals surface area contributed by atoms with Crippen LogP contribution in [-0.4, -0.2) is 19.8 Å². The maximum atomic E-state index is 6.05. The number of likely N-dealkylation sites (N-methyl/N-ethyl adjacent to an activating group) is 1. The highest BCUT2D eigenvalue weighted by molar-refractivity contribution is 5.31. The first-order valence-electron chi connectivity index (χ1n) is 8.59. The largest absolute Gasteiger partial charge is 0.379 e. The van der Waals surface area contributed by atoms with Crippen molar-refractivity contribution in [3.05, 3.63) is 34.9 Å². The highest BCUT2D eigenvalue weighted by Crippen LogP contribution is 2.24. The molecule has 1 unspecified atom stereocenters. The molecule has 0 spiro atoms. The van der Waals surface area contributed by atoms with E-state index in [1.54, 1.807) is 0 Å². The quantitative estimate of drug-likeness (QED) is 0.795. The molecular weight excluding hydrogens is 258 g/mol. The van der Waals surface area contributed by atoms with Crippen molar-refractivity contribution in [2.24, 2.45) is 5.92 Å². The molecule has 1 aliphatic carbocycles. The third kappa shape index (κ3) is 5.12. The summed E-state index contributed by atoms with van der Waals surface area (Å²) in [6.07, 6.45) is 6.91. The number of benzene rings is 1. The summed E-state index contributed by atoms with van der Waals surface area (Å²) in [5, 5.41) is 3.56. The average Bonchev–Trinajstić information content (AvgIpc) is 2.50. The Balaban J connectivity index is 1.87. The van der Waals surface area contributed by atoms with Crippen molar-refractivity contribution in [2.75, 3.05) is 19.8 Å². The van der Waals surface area contributed by atoms with Gasteiger partial charge < -0.3 is 10.1 Å². The SMILES string of the molecule is CCNC(COCC1CCCCC1)c1ccc(C)c(C)c1. The maximum absolute atomic E-state index is 6.05. The van der Waals surface area contributed by atoms with Gasteiger partial charge in [0.05, 0.1) is 12.6 Å². The number of hydrogen-bond acceptors (Lipinski definition) is 2. The number of hydrogen-bond donors (Lipinski definition) is 1. The molecule has 2 rings (SSSR count). The van der Waals surface area contributed by atoms with Gasteiger partial charge in [0.2, 0.25) is 0 Å². The summed E-state index contributed by atoms with van der Waals surface area (Å²) in [5.74, 6) is 0.792. The molecule has 21 heavy (non-hydrogen) atoms. The predicted molar refractivity (Wildman–Crippen MR) is 89.7 cm³/mol. The van der Waals surface area contributed by atoms with Crippen LogP contribution in [0.1, 0.15) is 61.8 Å². The van der Waals surface area contributed by atoms with Gasteiger partial charge in [-0.05, 0) is 55.8 Å². The molecule has 2 heteroatoms. The average molecular weight is 289 g/mol. The molecule has 0 radical (unpaired) electrons. The molecule has 1 fully saturated rings. The van der Waals surface area contributed by atoms with Crippen LogP contribution in [0.15, 0.2) is 18.2 Å². The summed E-state index contributed by atoms with van der Waals surface area (Å²) in [5.41, 5.74) is 4.07. The highest BCUT2D eigenvalue weighted by atomic mass is 16.5. The van der Waals surface area contributed by atoms with Gasteiger partial charge in [-0.15, -0.1) is 0 Å². The lowest BCUT2D eigenvalue weighted by atomic mass is 9.90. The Hall–Kier alpha value is -0.860. The molecule has 0 aromatic heterocycles. The van der Waals surface area contributed by atoms with Gasteiger partial charge in [-0.2, -0.15) is 0 Å². The zero-order valence-electron chi connectivity index (χ0n) is 14.0. The first-order valence-corrected chi connectivity index (χ1v) is 8.59. The molecule has 0 bridgehead atoms. The molecule has 0 aliphatic heterocycles. The van der Waals surface area contributed by atoms with Crippen LogP contribution in [0.3, 0.4) is 0 Å². The van der Waals surface area contributed by atoms with Gasteiger partial charge in [0.15, 0.2) is 0 Å². The normalized spacial score (nSPS) is 17.9. The lowest BCUT2D eigenvalue weighted by molar-refractivity contribution is 0.0696. The van der Waals surface area contributed by atoms with E-state index in [0.29, 0.717) is 6.04 Å². The first kappa shape index (κ1) is 16.5. The predicted octanol–water partition coefficient (Wildman–Crippen LogP) is 4.55. The molecule has 1 aromatic carbocycles. The summed E-state index contributed by atoms with van der Waals surface area (Å²) in [6, 6.07) is 7.07. The number of rotatable bonds is 7. The van der Waals surface area contributed by atoms with E-state index in [1.807, 2.05) is 0 Å². The van der Waals surface area contributed by atoms with Crippen LogP contribution in [0, 0.1) is 19.8 Å². The number of ether oxygens (including phenoxy) is 1. The fraction of sp³-hybridized carbons (Fsp3) is 0.684. The number of aryl methyl sites for hydroxylation is 2. The Labute approximate surface area is 130 Å². The van der Waals surface area contributed by atoms with Gasteiger partial charge in [0.1, 0.15) is 0 Å². The molecule has 2 nitrogen and oxygen atoms in total. The third-order valence-electron chi connectivity index (χ3n) is 4.75. The number of nitrogens with one attached hydrogen (secondary N) is 1. The molecule has 0 heterocycles. The monoisotopic (exact) mass is 289 g/mol. The smallest absolute Gasteiger partial charge is 0.0661 e. The second-order valence-electron chi connectivity index (χ2n) is 6.50. The van der Waals surface area contributed by atoms with Crippen LogP contribution in [0.25, 0.3) is 0 Å². The van der Waals surface area contributed by atoms with E-state index in [9.17, 15) is 0 Å². The summed E-state index contributed by atoms with van der Waals surface area (Å²) >= 11 is 0. The Kier molecular flexibility index (Phi) is 6.72. The van der Waals surface area contributed by atoms with E-state index in [0.717, 1.165) is 25.7 Å². The van der Waals surface area contributed by atoms with Crippen molar-refractivity contribution >= 4 is 0 Å². The van der Waals surface area contributed by atoms with Crippen LogP contribution in [-0.2, 0) is 4.74 Å². The third-order valence-corrected chi connectivity index (χ3v) is 4.75. The zero-order chi connectivity index (χ0) is 15.1. The van der Waals surface area contributed by atoms with E-state index < -0.39 is 0 Å². The Morgan fingerprint density at radius 1 is 1.14 bits per heavy atom. The van der Waals surface area contributed by atoms with Gasteiger partial charge >= 0.3 is 0 Å². The first-order chi connectivity index (χ1) is 10.2. The Bertz CT molecular complexity index is 424. The topological polar surface area (TPSA) is 21.3 Å². The van der Waals surface area contributed by atoms with Crippen molar-refractivity contribution in [3.63, 3.8) is 0 Å². The minimum absolute atomic E-state index is 0.317. The molecule has 1 saturated carbocycles. The van der Waals surface area contributed by atoms with Crippen molar-refractivity contribution in [2.45, 2.75) is 58.9 Å². The molecule has 0 amide bonds. The second-order valence-corrected chi connectivity index (χ2v) is 6.50. The molecule has 118 valence electrons. The summed E-state index contributed by atoms with van der Waals surface area (Å²) < 4.78 is 6.05. The van der Waals surface area contributed by atoms with Crippen LogP contribution < -0.4 is 5.32 Å². The minimum atomic E-state index is 0.317. The van der Waals surface area contributed by atoms with Crippen LogP contribution >= 0.6 is 0 Å². The summed E-state index contributed by atoms with van der Waals surface area (Å²) in [4.78, 5) is 0. The van der Waals surface area contributed by atoms with E-state index in [-0.39, 0.29) is 0 Å². The molecular formula is C19H31NO. The van der Waals surface area contributed by atoms with Crippen molar-refractivity contribution in [3.8, 4) is 0 Å². The van der Waals surface area contributed by atoms with E-state index >= 15 is 0 Å². The van der Waals surface area contributed by atoms with Crippen molar-refractivity contribution in [1.29, 1.82) is 0 Å². The van der Waals surface area contributed by atoms with Crippen molar-refractivity contribution < 1.29 is 4.74 Å². The fourth-order valence-electron chi connectivity index (χ4n) is 3.21. The lowest BCUT2D eigenvalue weighted by Crippen LogP contribution is -2.27. The van der Waals surface area contributed by atoms with Crippen LogP contribution in [0.2, 0.25) is 0 Å². The maximum Gasteiger partial charge on any atom is 0.0661 e. The van der Waals surface area contributed by atoms with Gasteiger partial charge in [-0.25, -0.2) is 0 Å². The standard InChI is InChI=1S/C19H31NO/c1-4-20-19(18-11-10-15(2)16(3)12-18)14-21-13-17-8-6-5-7-9-17/h10-12,17,19-20H,4-9,13-14H2,1-3H3. The van der Waals surface area contributed by atoms with Crippen LogP contribution in [0.5, 0.6) is 0 Å². The van der Waals surface area contributed by atoms with Gasteiger partial charge in [-0.1, -0.05) is 44.4 Å². The molecule has 0 saturated heterocycles. The molecule has 1 aromatic rings. The van der Waals surface area contributed by atoms with Crippen molar-refractivity contribution in [1.82, 2.24) is 5.32 Å². The minimum Gasteiger partial charge on any atom is -0.379 e. The second kappa shape index (κ2) is 8.55. The Morgan fingerprint density at radius 2 is 1.90 bits per heavy atom. The molecule has 1 atom stereocenters. The van der Waals surface area contributed by atoms with Gasteiger partial charge in [0, 0.05) is 6.61 Å². The highest BCUT2D eigenvalue weighted by Gasteiger charge is 2.16. The zero-order valence-corrected chi connectivity index (χ0v) is 14.0. The molecule has 1 N–H and O–H groups in total. The van der Waals surface area contributed by atoms with Crippen LogP contribution in [0.4, 0.5) is 0 Å². The summed E-state index contributed by atoms with van der Waals surface area (Å²) in [6.45, 7) is 9.21. The summed E-state index contributed by atoms with van der Waals surface area (Å²) in [7, 11) is 0. The van der Waals surface area contributed by atoms with E-state index in [1.165, 1.54) is 48.8 Å². The van der Waals surface area contributed by atoms with Gasteiger partial charge in [0.25, 0.3) is 0 Å². The van der Waals surface area contributed by atoms with E-state index in [4.69, 9.17) is 4.74 Å². The Morgan fingerprint density at radius 3 is 2.57 bits per heavy atom. The molecule has 1 aliphatic rings. The fourth-order valence-corrected chi connectivity index (χ4v) is 3.21.